The van der Waals surface area contributed by atoms with Crippen LogP contribution >= 0.6 is 11.6 Å². The topological polar surface area (TPSA) is 41.5 Å². The highest BCUT2D eigenvalue weighted by Crippen LogP contribution is 2.30. The van der Waals surface area contributed by atoms with Crippen LogP contribution in [0.1, 0.15) is 26.2 Å². The average Bonchev–Trinajstić information content (AvgIpc) is 2.33. The first kappa shape index (κ1) is 13.7. The number of β-amino-alcohol motifs (C(OH)–C–C–N with tert-alkyl or cyclic N) is 1. The number of hydrogen-bond donors (Lipinski definition) is 2. The Kier molecular flexibility index (Phi) is 4.49. The van der Waals surface area contributed by atoms with Crippen molar-refractivity contribution >= 4 is 11.6 Å². The van der Waals surface area contributed by atoms with E-state index in [1.54, 1.807) is 12.1 Å². The maximum Gasteiger partial charge on any atom is 0.138 e. The van der Waals surface area contributed by atoms with E-state index in [1.165, 1.54) is 19.3 Å². The van der Waals surface area contributed by atoms with E-state index in [0.717, 1.165) is 0 Å². The van der Waals surface area contributed by atoms with Crippen molar-refractivity contribution in [2.75, 3.05) is 13.2 Å². The Morgan fingerprint density at radius 2 is 2.17 bits per heavy atom. The molecule has 0 heterocycles. The molecule has 1 aromatic rings. The van der Waals surface area contributed by atoms with Crippen LogP contribution in [0, 0.1) is 0 Å². The lowest BCUT2D eigenvalue weighted by atomic mass is 9.78. The summed E-state index contributed by atoms with van der Waals surface area (Å²) in [4.78, 5) is 0. The third kappa shape index (κ3) is 3.61. The molecule has 1 aliphatic carbocycles. The van der Waals surface area contributed by atoms with Crippen molar-refractivity contribution in [3.63, 3.8) is 0 Å². The molecule has 0 amide bonds. The lowest BCUT2D eigenvalue weighted by molar-refractivity contribution is 0.0868. The van der Waals surface area contributed by atoms with Gasteiger partial charge in [0, 0.05) is 12.1 Å². The lowest BCUT2D eigenvalue weighted by Gasteiger charge is -2.40. The molecule has 1 atom stereocenters. The van der Waals surface area contributed by atoms with Gasteiger partial charge in [0.15, 0.2) is 0 Å². The van der Waals surface area contributed by atoms with Crippen molar-refractivity contribution in [1.82, 2.24) is 5.32 Å². The molecule has 4 heteroatoms. The third-order valence-electron chi connectivity index (χ3n) is 3.49. The van der Waals surface area contributed by atoms with Gasteiger partial charge in [-0.15, -0.1) is 0 Å². The van der Waals surface area contributed by atoms with Gasteiger partial charge in [0.25, 0.3) is 0 Å². The van der Waals surface area contributed by atoms with Gasteiger partial charge in [0.2, 0.25) is 0 Å². The Morgan fingerprint density at radius 1 is 1.44 bits per heavy atom. The molecule has 0 spiro atoms. The minimum Gasteiger partial charge on any atom is -0.489 e. The van der Waals surface area contributed by atoms with Crippen molar-refractivity contribution < 1.29 is 9.84 Å². The molecule has 0 aromatic heterocycles. The van der Waals surface area contributed by atoms with E-state index < -0.39 is 6.10 Å². The molecule has 1 aliphatic rings. The summed E-state index contributed by atoms with van der Waals surface area (Å²) in [6.07, 6.45) is 3.13. The second-order valence-electron chi connectivity index (χ2n) is 5.19. The lowest BCUT2D eigenvalue weighted by Crippen LogP contribution is -2.51. The number of hydrogen-bond acceptors (Lipinski definition) is 3. The first-order valence-electron chi connectivity index (χ1n) is 6.39. The van der Waals surface area contributed by atoms with Crippen molar-refractivity contribution in [3.05, 3.63) is 29.3 Å². The molecule has 2 rings (SSSR count). The van der Waals surface area contributed by atoms with Gasteiger partial charge in [-0.2, -0.15) is 0 Å². The maximum absolute atomic E-state index is 9.85. The van der Waals surface area contributed by atoms with Crippen molar-refractivity contribution in [1.29, 1.82) is 0 Å². The molecule has 1 fully saturated rings. The molecule has 18 heavy (non-hydrogen) atoms. The number of nitrogens with one attached hydrogen (secondary N) is 1. The zero-order valence-corrected chi connectivity index (χ0v) is 11.4. The molecule has 1 aromatic carbocycles. The van der Waals surface area contributed by atoms with Gasteiger partial charge in [-0.25, -0.2) is 0 Å². The summed E-state index contributed by atoms with van der Waals surface area (Å²) in [7, 11) is 0. The van der Waals surface area contributed by atoms with Gasteiger partial charge in [-0.3, -0.25) is 0 Å². The van der Waals surface area contributed by atoms with Crippen LogP contribution in [0.5, 0.6) is 5.75 Å². The minimum absolute atomic E-state index is 0.214. The normalized spacial score (nSPS) is 19.1. The zero-order valence-electron chi connectivity index (χ0n) is 10.7. The quantitative estimate of drug-likeness (QED) is 0.834. The van der Waals surface area contributed by atoms with Crippen LogP contribution in [-0.4, -0.2) is 29.9 Å². The number of ether oxygens (including phenoxy) is 1. The van der Waals surface area contributed by atoms with Crippen LogP contribution in [0.25, 0.3) is 0 Å². The number of benzene rings is 1. The second kappa shape index (κ2) is 5.91. The van der Waals surface area contributed by atoms with Gasteiger partial charge < -0.3 is 15.2 Å². The molecule has 0 bridgehead atoms. The van der Waals surface area contributed by atoms with Crippen LogP contribution in [0.3, 0.4) is 0 Å². The van der Waals surface area contributed by atoms with Crippen LogP contribution in [0.4, 0.5) is 0 Å². The van der Waals surface area contributed by atoms with Gasteiger partial charge in [-0.05, 0) is 38.3 Å². The summed E-state index contributed by atoms with van der Waals surface area (Å²) >= 11 is 5.97. The average molecular weight is 270 g/mol. The Morgan fingerprint density at radius 3 is 2.78 bits per heavy atom. The van der Waals surface area contributed by atoms with Crippen LogP contribution in [-0.2, 0) is 0 Å². The van der Waals surface area contributed by atoms with E-state index in [1.807, 2.05) is 12.1 Å². The predicted octanol–water partition coefficient (Wildman–Crippen LogP) is 2.61. The molecule has 0 saturated heterocycles. The third-order valence-corrected chi connectivity index (χ3v) is 3.80. The fourth-order valence-electron chi connectivity index (χ4n) is 2.05. The van der Waals surface area contributed by atoms with E-state index in [2.05, 4.69) is 12.2 Å². The fraction of sp³-hybridized carbons (Fsp3) is 0.571. The van der Waals surface area contributed by atoms with E-state index >= 15 is 0 Å². The van der Waals surface area contributed by atoms with Crippen molar-refractivity contribution in [2.24, 2.45) is 0 Å². The first-order valence-corrected chi connectivity index (χ1v) is 6.77. The molecule has 1 unspecified atom stereocenters. The minimum atomic E-state index is -0.515. The van der Waals surface area contributed by atoms with Crippen LogP contribution in [0.2, 0.25) is 5.02 Å². The Balaban J connectivity index is 1.71. The van der Waals surface area contributed by atoms with Gasteiger partial charge in [-0.1, -0.05) is 23.7 Å². The highest BCUT2D eigenvalue weighted by Gasteiger charge is 2.31. The Bertz CT molecular complexity index is 393. The molecule has 3 nitrogen and oxygen atoms in total. The number of aliphatic hydroxyl groups excluding tert-OH is 1. The fourth-order valence-corrected chi connectivity index (χ4v) is 2.25. The smallest absolute Gasteiger partial charge is 0.138 e. The molecule has 100 valence electrons. The summed E-state index contributed by atoms with van der Waals surface area (Å²) in [5, 5.41) is 13.8. The van der Waals surface area contributed by atoms with Crippen LogP contribution in [0.15, 0.2) is 24.3 Å². The SMILES string of the molecule is CC1(NCC(O)COc2ccccc2Cl)CCC1. The van der Waals surface area contributed by atoms with E-state index in [0.29, 0.717) is 17.3 Å². The Hall–Kier alpha value is -0.770. The molecular weight excluding hydrogens is 250 g/mol. The largest absolute Gasteiger partial charge is 0.489 e. The van der Waals surface area contributed by atoms with Gasteiger partial charge in [0.1, 0.15) is 18.5 Å². The maximum atomic E-state index is 9.85. The highest BCUT2D eigenvalue weighted by molar-refractivity contribution is 6.32. The van der Waals surface area contributed by atoms with Gasteiger partial charge >= 0.3 is 0 Å². The Labute approximate surface area is 113 Å². The van der Waals surface area contributed by atoms with E-state index in [-0.39, 0.29) is 12.1 Å². The summed E-state index contributed by atoms with van der Waals surface area (Å²) in [6, 6.07) is 7.29. The van der Waals surface area contributed by atoms with Crippen LogP contribution < -0.4 is 10.1 Å². The second-order valence-corrected chi connectivity index (χ2v) is 5.60. The summed E-state index contributed by atoms with van der Waals surface area (Å²) < 4.78 is 5.49. The van der Waals surface area contributed by atoms with E-state index in [4.69, 9.17) is 16.3 Å². The van der Waals surface area contributed by atoms with Crippen molar-refractivity contribution in [2.45, 2.75) is 37.8 Å². The zero-order chi connectivity index (χ0) is 13.0. The molecular formula is C14H20ClNO2. The predicted molar refractivity (Wildman–Crippen MR) is 73.2 cm³/mol. The van der Waals surface area contributed by atoms with Crippen molar-refractivity contribution in [3.8, 4) is 5.75 Å². The number of rotatable bonds is 6. The van der Waals surface area contributed by atoms with E-state index in [9.17, 15) is 5.11 Å². The molecule has 0 radical (unpaired) electrons. The first-order chi connectivity index (χ1) is 8.59. The monoisotopic (exact) mass is 269 g/mol. The molecule has 2 N–H and O–H groups in total. The van der Waals surface area contributed by atoms with Gasteiger partial charge in [0.05, 0.1) is 5.02 Å². The molecule has 0 aliphatic heterocycles. The summed E-state index contributed by atoms with van der Waals surface area (Å²) in [6.45, 7) is 3.01. The standard InChI is InChI=1S/C14H20ClNO2/c1-14(7-4-8-14)16-9-11(17)10-18-13-6-3-2-5-12(13)15/h2-3,5-6,11,16-17H,4,7-10H2,1H3. The summed E-state index contributed by atoms with van der Waals surface area (Å²) in [5.74, 6) is 0.619. The number of halogens is 1. The highest BCUT2D eigenvalue weighted by atomic mass is 35.5. The summed E-state index contributed by atoms with van der Waals surface area (Å²) in [5.41, 5.74) is 0.214. The number of aliphatic hydroxyl groups is 1. The number of para-hydroxylation sites is 1. The molecule has 1 saturated carbocycles.